The van der Waals surface area contributed by atoms with Crippen molar-refractivity contribution < 1.29 is 29.6 Å². The number of aliphatic hydroxyl groups is 1. The van der Waals surface area contributed by atoms with E-state index in [1.54, 1.807) is 51.3 Å². The van der Waals surface area contributed by atoms with E-state index in [9.17, 15) is 20.1 Å². The van der Waals surface area contributed by atoms with Crippen LogP contribution in [0.15, 0.2) is 36.4 Å². The molecular formula is C21H22O6. The van der Waals surface area contributed by atoms with E-state index in [0.29, 0.717) is 11.3 Å². The molecular weight excluding hydrogens is 348 g/mol. The van der Waals surface area contributed by atoms with Gasteiger partial charge in [0.05, 0.1) is 13.2 Å². The van der Waals surface area contributed by atoms with Crippen molar-refractivity contribution >= 4 is 11.9 Å². The molecule has 6 heteroatoms. The van der Waals surface area contributed by atoms with Crippen molar-refractivity contribution in [3.8, 4) is 23.0 Å². The van der Waals surface area contributed by atoms with Gasteiger partial charge >= 0.3 is 0 Å². The van der Waals surface area contributed by atoms with Crippen LogP contribution in [0.3, 0.4) is 0 Å². The molecule has 0 bridgehead atoms. The van der Waals surface area contributed by atoms with Crippen LogP contribution in [0.1, 0.15) is 35.3 Å². The third-order valence-electron chi connectivity index (χ3n) is 4.71. The van der Waals surface area contributed by atoms with E-state index in [4.69, 9.17) is 9.47 Å². The molecule has 27 heavy (non-hydrogen) atoms. The zero-order valence-electron chi connectivity index (χ0n) is 15.4. The summed E-state index contributed by atoms with van der Waals surface area (Å²) in [6.45, 7) is 3.43. The first-order valence-corrected chi connectivity index (χ1v) is 8.54. The number of aromatic hydroxyl groups is 2. The van der Waals surface area contributed by atoms with E-state index in [1.807, 2.05) is 0 Å². The molecule has 0 saturated heterocycles. The maximum Gasteiger partial charge on any atom is 0.193 e. The van der Waals surface area contributed by atoms with E-state index in [-0.39, 0.29) is 29.2 Å². The number of allylic oxidation sites excluding steroid dienone is 1. The Kier molecular flexibility index (Phi) is 4.85. The molecule has 0 fully saturated rings. The van der Waals surface area contributed by atoms with Crippen LogP contribution in [0.2, 0.25) is 0 Å². The van der Waals surface area contributed by atoms with Crippen LogP contribution in [0.5, 0.6) is 23.0 Å². The van der Waals surface area contributed by atoms with Crippen molar-refractivity contribution in [2.45, 2.75) is 32.0 Å². The summed E-state index contributed by atoms with van der Waals surface area (Å²) in [5.41, 5.74) is 0.00233. The van der Waals surface area contributed by atoms with Crippen LogP contribution in [0.25, 0.3) is 6.08 Å². The van der Waals surface area contributed by atoms with E-state index < -0.39 is 17.5 Å². The van der Waals surface area contributed by atoms with E-state index >= 15 is 0 Å². The summed E-state index contributed by atoms with van der Waals surface area (Å²) < 4.78 is 10.8. The lowest BCUT2D eigenvalue weighted by Crippen LogP contribution is -2.46. The summed E-state index contributed by atoms with van der Waals surface area (Å²) in [5.74, 6) is -0.337. The summed E-state index contributed by atoms with van der Waals surface area (Å²) in [5, 5.41) is 31.0. The number of fused-ring (bicyclic) bond motifs is 1. The molecule has 3 N–H and O–H groups in total. The Bertz CT molecular complexity index is 896. The smallest absolute Gasteiger partial charge is 0.193 e. The van der Waals surface area contributed by atoms with Crippen LogP contribution in [0.4, 0.5) is 0 Å². The summed E-state index contributed by atoms with van der Waals surface area (Å²) in [6.07, 6.45) is 2.12. The van der Waals surface area contributed by atoms with Crippen molar-refractivity contribution in [2.24, 2.45) is 0 Å². The average Bonchev–Trinajstić information content (AvgIpc) is 2.62. The molecule has 0 unspecified atom stereocenters. The van der Waals surface area contributed by atoms with Gasteiger partial charge in [-0.1, -0.05) is 18.2 Å². The largest absolute Gasteiger partial charge is 0.507 e. The minimum Gasteiger partial charge on any atom is -0.507 e. The standard InChI is InChI=1S/C21H22O6/c1-21(2)18(24)10-14-17(27-21)11-16(23)19(20(14)25)15(22)9-6-12-4-7-13(26-3)8-5-12/h4-9,11,18,23-25H,10H2,1-3H3/b9-6+/t18-/m1/s1. The first-order chi connectivity index (χ1) is 12.7. The lowest BCUT2D eigenvalue weighted by Gasteiger charge is -2.37. The van der Waals surface area contributed by atoms with E-state index in [0.717, 1.165) is 5.56 Å². The molecule has 1 aliphatic rings. The summed E-state index contributed by atoms with van der Waals surface area (Å²) in [4.78, 5) is 12.5. The number of hydrogen-bond acceptors (Lipinski definition) is 6. The van der Waals surface area contributed by atoms with Crippen LogP contribution in [0, 0.1) is 0 Å². The van der Waals surface area contributed by atoms with Crippen LogP contribution < -0.4 is 9.47 Å². The molecule has 2 aromatic rings. The molecule has 2 aromatic carbocycles. The van der Waals surface area contributed by atoms with Gasteiger partial charge in [0.25, 0.3) is 0 Å². The van der Waals surface area contributed by atoms with Gasteiger partial charge in [0, 0.05) is 18.1 Å². The Labute approximate surface area is 157 Å². The number of benzene rings is 2. The van der Waals surface area contributed by atoms with Gasteiger partial charge in [-0.2, -0.15) is 0 Å². The number of aliphatic hydroxyl groups excluding tert-OH is 1. The number of phenols is 2. The van der Waals surface area contributed by atoms with Gasteiger partial charge in [-0.05, 0) is 37.6 Å². The lowest BCUT2D eigenvalue weighted by molar-refractivity contribution is -0.0418. The monoisotopic (exact) mass is 370 g/mol. The SMILES string of the molecule is COc1ccc(/C=C/C(=O)c2c(O)cc3c(c2O)C[C@@H](O)C(C)(C)O3)cc1. The Morgan fingerprint density at radius 3 is 2.56 bits per heavy atom. The van der Waals surface area contributed by atoms with Crippen molar-refractivity contribution in [1.29, 1.82) is 0 Å². The Morgan fingerprint density at radius 1 is 1.26 bits per heavy atom. The number of hydrogen-bond donors (Lipinski definition) is 3. The van der Waals surface area contributed by atoms with Gasteiger partial charge in [0.1, 0.15) is 34.2 Å². The lowest BCUT2D eigenvalue weighted by atomic mass is 9.89. The fraction of sp³-hybridized carbons (Fsp3) is 0.286. The molecule has 0 saturated carbocycles. The third kappa shape index (κ3) is 3.61. The maximum absolute atomic E-state index is 12.5. The zero-order valence-corrected chi connectivity index (χ0v) is 15.4. The minimum atomic E-state index is -0.855. The third-order valence-corrected chi connectivity index (χ3v) is 4.71. The maximum atomic E-state index is 12.5. The molecule has 0 amide bonds. The first kappa shape index (κ1) is 18.8. The van der Waals surface area contributed by atoms with Gasteiger partial charge in [-0.15, -0.1) is 0 Å². The molecule has 0 aromatic heterocycles. The predicted molar refractivity (Wildman–Crippen MR) is 101 cm³/mol. The average molecular weight is 370 g/mol. The number of phenolic OH excluding ortho intramolecular Hbond substituents is 2. The minimum absolute atomic E-state index is 0.122. The normalized spacial score (nSPS) is 18.0. The summed E-state index contributed by atoms with van der Waals surface area (Å²) in [6, 6.07) is 8.39. The second-order valence-corrected chi connectivity index (χ2v) is 6.99. The number of carbonyl (C=O) groups excluding carboxylic acids is 1. The molecule has 1 heterocycles. The van der Waals surface area contributed by atoms with Crippen LogP contribution >= 0.6 is 0 Å². The molecule has 0 aliphatic carbocycles. The highest BCUT2D eigenvalue weighted by Crippen LogP contribution is 2.44. The molecule has 6 nitrogen and oxygen atoms in total. The van der Waals surface area contributed by atoms with Crippen molar-refractivity contribution in [2.75, 3.05) is 7.11 Å². The fourth-order valence-electron chi connectivity index (χ4n) is 2.96. The second-order valence-electron chi connectivity index (χ2n) is 6.99. The quantitative estimate of drug-likeness (QED) is 0.565. The van der Waals surface area contributed by atoms with Gasteiger partial charge in [-0.3, -0.25) is 4.79 Å². The molecule has 3 rings (SSSR count). The Hall–Kier alpha value is -2.99. The Balaban J connectivity index is 1.91. The van der Waals surface area contributed by atoms with Gasteiger partial charge < -0.3 is 24.8 Å². The zero-order chi connectivity index (χ0) is 19.8. The highest BCUT2D eigenvalue weighted by atomic mass is 16.5. The molecule has 1 aliphatic heterocycles. The van der Waals surface area contributed by atoms with Crippen LogP contribution in [-0.2, 0) is 6.42 Å². The number of ketones is 1. The molecule has 0 spiro atoms. The Morgan fingerprint density at radius 2 is 1.93 bits per heavy atom. The second kappa shape index (κ2) is 6.96. The van der Waals surface area contributed by atoms with Crippen molar-refractivity contribution in [3.05, 3.63) is 53.1 Å². The van der Waals surface area contributed by atoms with E-state index in [2.05, 4.69) is 0 Å². The molecule has 1 atom stereocenters. The fourth-order valence-corrected chi connectivity index (χ4v) is 2.96. The van der Waals surface area contributed by atoms with Crippen molar-refractivity contribution in [1.82, 2.24) is 0 Å². The number of methoxy groups -OCH3 is 1. The first-order valence-electron chi connectivity index (χ1n) is 8.54. The van der Waals surface area contributed by atoms with E-state index in [1.165, 1.54) is 12.1 Å². The number of rotatable bonds is 4. The summed E-state index contributed by atoms with van der Waals surface area (Å²) >= 11 is 0. The number of carbonyl (C=O) groups is 1. The molecule has 142 valence electrons. The van der Waals surface area contributed by atoms with Gasteiger partial charge in [-0.25, -0.2) is 0 Å². The predicted octanol–water partition coefficient (Wildman–Crippen LogP) is 3.08. The summed E-state index contributed by atoms with van der Waals surface area (Å²) in [7, 11) is 1.57. The number of ether oxygens (including phenoxy) is 2. The highest BCUT2D eigenvalue weighted by molar-refractivity contribution is 6.11. The van der Waals surface area contributed by atoms with Crippen LogP contribution in [-0.4, -0.2) is 39.9 Å². The molecule has 0 radical (unpaired) electrons. The van der Waals surface area contributed by atoms with Gasteiger partial charge in [0.15, 0.2) is 5.78 Å². The van der Waals surface area contributed by atoms with Gasteiger partial charge in [0.2, 0.25) is 0 Å². The topological polar surface area (TPSA) is 96.2 Å². The van der Waals surface area contributed by atoms with Crippen molar-refractivity contribution in [3.63, 3.8) is 0 Å². The highest BCUT2D eigenvalue weighted by Gasteiger charge is 2.38.